The molecule has 2 heterocycles. The van der Waals surface area contributed by atoms with Gasteiger partial charge in [-0.25, -0.2) is 9.97 Å². The number of aryl methyl sites for hydroxylation is 2. The molecule has 0 amide bonds. The first-order valence-corrected chi connectivity index (χ1v) is 6.61. The summed E-state index contributed by atoms with van der Waals surface area (Å²) < 4.78 is 0. The molecule has 0 spiro atoms. The van der Waals surface area contributed by atoms with Crippen LogP contribution in [0, 0.1) is 13.8 Å². The van der Waals surface area contributed by atoms with E-state index in [1.165, 1.54) is 5.69 Å². The molecular formula is C12H18N4S. The minimum absolute atomic E-state index is 0.858. The van der Waals surface area contributed by atoms with Gasteiger partial charge in [0.15, 0.2) is 0 Å². The van der Waals surface area contributed by atoms with Crippen molar-refractivity contribution in [3.63, 3.8) is 0 Å². The molecule has 0 saturated carbocycles. The zero-order valence-corrected chi connectivity index (χ0v) is 11.3. The SMILES string of the molecule is Cc1cnc(CN(C)CCc2csc(C)n2)[nH]1. The molecule has 0 aliphatic rings. The summed E-state index contributed by atoms with van der Waals surface area (Å²) >= 11 is 1.72. The van der Waals surface area contributed by atoms with E-state index in [-0.39, 0.29) is 0 Å². The zero-order chi connectivity index (χ0) is 12.3. The maximum absolute atomic E-state index is 4.46. The van der Waals surface area contributed by atoms with Crippen LogP contribution in [0.5, 0.6) is 0 Å². The van der Waals surface area contributed by atoms with Crippen molar-refractivity contribution in [1.29, 1.82) is 0 Å². The Balaban J connectivity index is 1.79. The smallest absolute Gasteiger partial charge is 0.120 e. The number of nitrogens with zero attached hydrogens (tertiary/aromatic N) is 3. The van der Waals surface area contributed by atoms with E-state index in [4.69, 9.17) is 0 Å². The van der Waals surface area contributed by atoms with E-state index < -0.39 is 0 Å². The second kappa shape index (κ2) is 5.42. The molecular weight excluding hydrogens is 232 g/mol. The first-order valence-electron chi connectivity index (χ1n) is 5.73. The van der Waals surface area contributed by atoms with E-state index >= 15 is 0 Å². The van der Waals surface area contributed by atoms with Gasteiger partial charge >= 0.3 is 0 Å². The number of nitrogens with one attached hydrogen (secondary N) is 1. The van der Waals surface area contributed by atoms with Crippen molar-refractivity contribution in [2.45, 2.75) is 26.8 Å². The molecule has 0 saturated heterocycles. The average Bonchev–Trinajstić information content (AvgIpc) is 2.85. The highest BCUT2D eigenvalue weighted by atomic mass is 32.1. The van der Waals surface area contributed by atoms with Crippen LogP contribution in [0.15, 0.2) is 11.6 Å². The van der Waals surface area contributed by atoms with Gasteiger partial charge in [0.2, 0.25) is 0 Å². The lowest BCUT2D eigenvalue weighted by Crippen LogP contribution is -2.21. The minimum atomic E-state index is 0.858. The third-order valence-corrected chi connectivity index (χ3v) is 3.41. The average molecular weight is 250 g/mol. The minimum Gasteiger partial charge on any atom is -0.345 e. The molecule has 0 radical (unpaired) electrons. The zero-order valence-electron chi connectivity index (χ0n) is 10.5. The van der Waals surface area contributed by atoms with Gasteiger partial charge < -0.3 is 4.98 Å². The van der Waals surface area contributed by atoms with E-state index in [1.807, 2.05) is 20.0 Å². The lowest BCUT2D eigenvalue weighted by molar-refractivity contribution is 0.322. The summed E-state index contributed by atoms with van der Waals surface area (Å²) in [6, 6.07) is 0. The van der Waals surface area contributed by atoms with Crippen molar-refractivity contribution in [2.24, 2.45) is 0 Å². The molecule has 5 heteroatoms. The molecule has 0 unspecified atom stereocenters. The van der Waals surface area contributed by atoms with Crippen molar-refractivity contribution >= 4 is 11.3 Å². The third-order valence-electron chi connectivity index (χ3n) is 2.59. The number of hydrogen-bond donors (Lipinski definition) is 1. The van der Waals surface area contributed by atoms with E-state index in [9.17, 15) is 0 Å². The number of likely N-dealkylation sites (N-methyl/N-ethyl adjacent to an activating group) is 1. The number of hydrogen-bond acceptors (Lipinski definition) is 4. The summed E-state index contributed by atoms with van der Waals surface area (Å²) in [5.74, 6) is 1.03. The number of rotatable bonds is 5. The predicted octanol–water partition coefficient (Wildman–Crippen LogP) is 2.16. The Morgan fingerprint density at radius 2 is 2.24 bits per heavy atom. The van der Waals surface area contributed by atoms with Crippen molar-refractivity contribution in [1.82, 2.24) is 19.9 Å². The van der Waals surface area contributed by atoms with E-state index in [2.05, 4.69) is 32.3 Å². The van der Waals surface area contributed by atoms with Crippen molar-refractivity contribution in [3.05, 3.63) is 33.8 Å². The van der Waals surface area contributed by atoms with Gasteiger partial charge in [-0.3, -0.25) is 4.90 Å². The highest BCUT2D eigenvalue weighted by Crippen LogP contribution is 2.09. The van der Waals surface area contributed by atoms with Crippen LogP contribution in [0.4, 0.5) is 0 Å². The molecule has 17 heavy (non-hydrogen) atoms. The summed E-state index contributed by atoms with van der Waals surface area (Å²) in [7, 11) is 2.11. The van der Waals surface area contributed by atoms with Gasteiger partial charge in [-0.2, -0.15) is 0 Å². The lowest BCUT2D eigenvalue weighted by Gasteiger charge is -2.13. The fraction of sp³-hybridized carbons (Fsp3) is 0.500. The first kappa shape index (κ1) is 12.3. The van der Waals surface area contributed by atoms with Crippen LogP contribution >= 0.6 is 11.3 Å². The molecule has 0 aliphatic heterocycles. The number of aromatic nitrogens is 3. The molecule has 0 aliphatic carbocycles. The lowest BCUT2D eigenvalue weighted by atomic mass is 10.3. The Kier molecular flexibility index (Phi) is 3.91. The quantitative estimate of drug-likeness (QED) is 0.884. The summed E-state index contributed by atoms with van der Waals surface area (Å²) in [5, 5.41) is 3.28. The first-order chi connectivity index (χ1) is 8.13. The van der Waals surface area contributed by atoms with Crippen molar-refractivity contribution in [2.75, 3.05) is 13.6 Å². The van der Waals surface area contributed by atoms with Crippen LogP contribution in [0.2, 0.25) is 0 Å². The predicted molar refractivity (Wildman–Crippen MR) is 70.2 cm³/mol. The maximum Gasteiger partial charge on any atom is 0.120 e. The Morgan fingerprint density at radius 1 is 1.41 bits per heavy atom. The van der Waals surface area contributed by atoms with Crippen molar-refractivity contribution < 1.29 is 0 Å². The van der Waals surface area contributed by atoms with E-state index in [0.29, 0.717) is 0 Å². The Labute approximate surface area is 106 Å². The Morgan fingerprint density at radius 3 is 2.82 bits per heavy atom. The molecule has 2 aromatic heterocycles. The van der Waals surface area contributed by atoms with Gasteiger partial charge in [-0.05, 0) is 20.9 Å². The molecule has 2 rings (SSSR count). The van der Waals surface area contributed by atoms with Crippen LogP contribution in [-0.4, -0.2) is 33.4 Å². The molecule has 2 aromatic rings. The molecule has 0 aromatic carbocycles. The maximum atomic E-state index is 4.46. The van der Waals surface area contributed by atoms with Gasteiger partial charge in [-0.1, -0.05) is 0 Å². The molecule has 92 valence electrons. The standard InChI is InChI=1S/C12H18N4S/c1-9-6-13-12(14-9)7-16(3)5-4-11-8-17-10(2)15-11/h6,8H,4-5,7H2,1-3H3,(H,13,14). The number of imidazole rings is 1. The molecule has 4 nitrogen and oxygen atoms in total. The summed E-state index contributed by atoms with van der Waals surface area (Å²) in [6.07, 6.45) is 2.87. The Hall–Kier alpha value is -1.20. The van der Waals surface area contributed by atoms with E-state index in [1.54, 1.807) is 11.3 Å². The molecule has 0 atom stereocenters. The summed E-state index contributed by atoms with van der Waals surface area (Å²) in [6.45, 7) is 5.93. The Bertz CT molecular complexity index is 474. The second-order valence-corrected chi connectivity index (χ2v) is 5.42. The van der Waals surface area contributed by atoms with Gasteiger partial charge in [0, 0.05) is 30.2 Å². The summed E-state index contributed by atoms with van der Waals surface area (Å²) in [4.78, 5) is 14.3. The van der Waals surface area contributed by atoms with Crippen LogP contribution in [0.25, 0.3) is 0 Å². The molecule has 0 bridgehead atoms. The highest BCUT2D eigenvalue weighted by Gasteiger charge is 2.05. The van der Waals surface area contributed by atoms with Crippen LogP contribution < -0.4 is 0 Å². The van der Waals surface area contributed by atoms with Crippen molar-refractivity contribution in [3.8, 4) is 0 Å². The van der Waals surface area contributed by atoms with Gasteiger partial charge in [-0.15, -0.1) is 11.3 Å². The van der Waals surface area contributed by atoms with Crippen LogP contribution in [-0.2, 0) is 13.0 Å². The monoisotopic (exact) mass is 250 g/mol. The largest absolute Gasteiger partial charge is 0.345 e. The van der Waals surface area contributed by atoms with Crippen LogP contribution in [0.1, 0.15) is 22.2 Å². The topological polar surface area (TPSA) is 44.8 Å². The number of thiazole rings is 1. The highest BCUT2D eigenvalue weighted by molar-refractivity contribution is 7.09. The van der Waals surface area contributed by atoms with Crippen LogP contribution in [0.3, 0.4) is 0 Å². The summed E-state index contributed by atoms with van der Waals surface area (Å²) in [5.41, 5.74) is 2.30. The normalized spacial score (nSPS) is 11.3. The molecule has 0 fully saturated rings. The van der Waals surface area contributed by atoms with Gasteiger partial charge in [0.05, 0.1) is 17.2 Å². The van der Waals surface area contributed by atoms with E-state index in [0.717, 1.165) is 36.0 Å². The molecule has 1 N–H and O–H groups in total. The third kappa shape index (κ3) is 3.64. The van der Waals surface area contributed by atoms with Gasteiger partial charge in [0.1, 0.15) is 5.82 Å². The number of aromatic amines is 1. The fourth-order valence-corrected chi connectivity index (χ4v) is 2.36. The fourth-order valence-electron chi connectivity index (χ4n) is 1.71. The second-order valence-electron chi connectivity index (χ2n) is 4.36. The van der Waals surface area contributed by atoms with Gasteiger partial charge in [0.25, 0.3) is 0 Å². The number of H-pyrrole nitrogens is 1.